The summed E-state index contributed by atoms with van der Waals surface area (Å²) in [7, 11) is 8.47. The van der Waals surface area contributed by atoms with Crippen molar-refractivity contribution in [2.45, 2.75) is 0 Å². The molecule has 0 saturated heterocycles. The molecule has 3 nitrogen and oxygen atoms in total. The Kier molecular flexibility index (Phi) is 3.09. The Bertz CT molecular complexity index is 297. The van der Waals surface area contributed by atoms with E-state index in [2.05, 4.69) is 0 Å². The molecule has 0 spiro atoms. The lowest BCUT2D eigenvalue weighted by atomic mass is 9.95. The molecule has 1 aromatic carbocycles. The molecule has 0 saturated carbocycles. The molecule has 0 aromatic heterocycles. The van der Waals surface area contributed by atoms with Crippen LogP contribution in [0.25, 0.3) is 0 Å². The average molecular weight is 175 g/mol. The van der Waals surface area contributed by atoms with Crippen molar-refractivity contribution in [3.8, 4) is 0 Å². The van der Waals surface area contributed by atoms with E-state index >= 15 is 0 Å². The molecule has 0 unspecified atom stereocenters. The van der Waals surface area contributed by atoms with Crippen LogP contribution < -0.4 is 5.46 Å². The van der Waals surface area contributed by atoms with Crippen LogP contribution in [-0.4, -0.2) is 33.0 Å². The van der Waals surface area contributed by atoms with Gasteiger partial charge in [-0.05, 0) is 12.1 Å². The molecule has 0 aliphatic rings. The molecular formula is C9H10BNO2. The van der Waals surface area contributed by atoms with Crippen LogP contribution in [0.15, 0.2) is 24.3 Å². The van der Waals surface area contributed by atoms with Crippen LogP contribution in [0.1, 0.15) is 10.4 Å². The number of hydroxylamine groups is 2. The summed E-state index contributed by atoms with van der Waals surface area (Å²) in [6, 6.07) is 6.67. The minimum absolute atomic E-state index is 0.192. The Morgan fingerprint density at radius 1 is 1.38 bits per heavy atom. The molecule has 4 heteroatoms. The maximum atomic E-state index is 11.4. The molecule has 0 heterocycles. The Hall–Kier alpha value is -1.29. The van der Waals surface area contributed by atoms with Gasteiger partial charge in [-0.1, -0.05) is 17.6 Å². The fourth-order valence-corrected chi connectivity index (χ4v) is 0.890. The maximum Gasteiger partial charge on any atom is 0.277 e. The highest BCUT2D eigenvalue weighted by Gasteiger charge is 2.09. The Balaban J connectivity index is 2.83. The van der Waals surface area contributed by atoms with Gasteiger partial charge in [-0.3, -0.25) is 9.63 Å². The van der Waals surface area contributed by atoms with Gasteiger partial charge in [0.25, 0.3) is 5.91 Å². The monoisotopic (exact) mass is 175 g/mol. The van der Waals surface area contributed by atoms with Gasteiger partial charge >= 0.3 is 0 Å². The van der Waals surface area contributed by atoms with Crippen LogP contribution in [-0.2, 0) is 4.84 Å². The molecule has 1 rings (SSSR count). The van der Waals surface area contributed by atoms with Gasteiger partial charge in [-0.25, -0.2) is 5.06 Å². The third kappa shape index (κ3) is 2.32. The quantitative estimate of drug-likeness (QED) is 0.471. The maximum absolute atomic E-state index is 11.4. The van der Waals surface area contributed by atoms with E-state index in [4.69, 9.17) is 12.7 Å². The summed E-state index contributed by atoms with van der Waals surface area (Å²) in [5, 5.41) is 1.16. The first-order valence-corrected chi connectivity index (χ1v) is 3.83. The SMILES string of the molecule is [B]c1ccc(C(=O)N(C)OC)cc1. The standard InChI is InChI=1S/C9H10BNO2/c1-11(13-2)9(12)7-3-5-8(10)6-4-7/h3-6H,1-2H3. The zero-order valence-corrected chi connectivity index (χ0v) is 7.65. The lowest BCUT2D eigenvalue weighted by Gasteiger charge is -2.13. The first-order valence-electron chi connectivity index (χ1n) is 3.83. The topological polar surface area (TPSA) is 29.5 Å². The molecule has 1 aromatic rings. The molecule has 13 heavy (non-hydrogen) atoms. The van der Waals surface area contributed by atoms with E-state index in [1.165, 1.54) is 7.11 Å². The first kappa shape index (κ1) is 9.80. The molecule has 2 radical (unpaired) electrons. The highest BCUT2D eigenvalue weighted by molar-refractivity contribution is 6.32. The van der Waals surface area contributed by atoms with Crippen LogP contribution in [0, 0.1) is 0 Å². The van der Waals surface area contributed by atoms with E-state index in [1.807, 2.05) is 0 Å². The summed E-state index contributed by atoms with van der Waals surface area (Å²) in [6.45, 7) is 0. The third-order valence-electron chi connectivity index (χ3n) is 1.72. The normalized spacial score (nSPS) is 9.69. The molecule has 0 aliphatic carbocycles. The minimum Gasteiger partial charge on any atom is -0.274 e. The number of amides is 1. The smallest absolute Gasteiger partial charge is 0.274 e. The number of carbonyl (C=O) groups excluding carboxylic acids is 1. The van der Waals surface area contributed by atoms with Gasteiger partial charge in [0.1, 0.15) is 7.85 Å². The van der Waals surface area contributed by atoms with Crippen LogP contribution >= 0.6 is 0 Å². The lowest BCUT2D eigenvalue weighted by molar-refractivity contribution is -0.0756. The summed E-state index contributed by atoms with van der Waals surface area (Å²) in [5.41, 5.74) is 1.19. The molecule has 0 fully saturated rings. The fraction of sp³-hybridized carbons (Fsp3) is 0.222. The van der Waals surface area contributed by atoms with E-state index in [0.29, 0.717) is 11.0 Å². The van der Waals surface area contributed by atoms with Crippen molar-refractivity contribution in [1.82, 2.24) is 5.06 Å². The van der Waals surface area contributed by atoms with Crippen molar-refractivity contribution in [1.29, 1.82) is 0 Å². The fourth-order valence-electron chi connectivity index (χ4n) is 0.890. The average Bonchev–Trinajstić information content (AvgIpc) is 2.17. The largest absolute Gasteiger partial charge is 0.277 e. The summed E-state index contributed by atoms with van der Waals surface area (Å²) in [5.74, 6) is -0.192. The number of hydrogen-bond acceptors (Lipinski definition) is 2. The first-order chi connectivity index (χ1) is 6.15. The Labute approximate surface area is 78.7 Å². The van der Waals surface area contributed by atoms with E-state index in [1.54, 1.807) is 31.3 Å². The minimum atomic E-state index is -0.192. The molecule has 0 atom stereocenters. The van der Waals surface area contributed by atoms with E-state index in [0.717, 1.165) is 5.06 Å². The zero-order valence-electron chi connectivity index (χ0n) is 7.65. The summed E-state index contributed by atoms with van der Waals surface area (Å²) < 4.78 is 0. The second kappa shape index (κ2) is 4.09. The van der Waals surface area contributed by atoms with Gasteiger partial charge in [-0.2, -0.15) is 0 Å². The van der Waals surface area contributed by atoms with Crippen molar-refractivity contribution in [3.05, 3.63) is 29.8 Å². The molecule has 66 valence electrons. The van der Waals surface area contributed by atoms with Crippen LogP contribution in [0.2, 0.25) is 0 Å². The number of rotatable bonds is 2. The van der Waals surface area contributed by atoms with Crippen LogP contribution in [0.5, 0.6) is 0 Å². The van der Waals surface area contributed by atoms with Crippen molar-refractivity contribution < 1.29 is 9.63 Å². The van der Waals surface area contributed by atoms with E-state index < -0.39 is 0 Å². The molecule has 0 N–H and O–H groups in total. The predicted molar refractivity (Wildman–Crippen MR) is 50.9 cm³/mol. The van der Waals surface area contributed by atoms with Crippen molar-refractivity contribution in [2.24, 2.45) is 0 Å². The highest BCUT2D eigenvalue weighted by Crippen LogP contribution is 2.01. The van der Waals surface area contributed by atoms with Gasteiger partial charge in [0.2, 0.25) is 0 Å². The van der Waals surface area contributed by atoms with Crippen molar-refractivity contribution in [3.63, 3.8) is 0 Å². The molecule has 0 bridgehead atoms. The van der Waals surface area contributed by atoms with Gasteiger partial charge in [-0.15, -0.1) is 0 Å². The highest BCUT2D eigenvalue weighted by atomic mass is 16.7. The van der Waals surface area contributed by atoms with Gasteiger partial charge in [0, 0.05) is 12.6 Å². The number of nitrogens with zero attached hydrogens (tertiary/aromatic N) is 1. The summed E-state index contributed by atoms with van der Waals surface area (Å²) >= 11 is 0. The van der Waals surface area contributed by atoms with Gasteiger partial charge in [0.05, 0.1) is 7.11 Å². The summed E-state index contributed by atoms with van der Waals surface area (Å²) in [6.07, 6.45) is 0. The Morgan fingerprint density at radius 2 is 1.92 bits per heavy atom. The van der Waals surface area contributed by atoms with Crippen LogP contribution in [0.3, 0.4) is 0 Å². The third-order valence-corrected chi connectivity index (χ3v) is 1.72. The van der Waals surface area contributed by atoms with E-state index in [-0.39, 0.29) is 5.91 Å². The second-order valence-electron chi connectivity index (χ2n) is 2.61. The van der Waals surface area contributed by atoms with Crippen LogP contribution in [0.4, 0.5) is 0 Å². The van der Waals surface area contributed by atoms with Gasteiger partial charge in [0.15, 0.2) is 0 Å². The zero-order chi connectivity index (χ0) is 9.84. The van der Waals surface area contributed by atoms with Crippen molar-refractivity contribution in [2.75, 3.05) is 14.2 Å². The second-order valence-corrected chi connectivity index (χ2v) is 2.61. The van der Waals surface area contributed by atoms with Gasteiger partial charge < -0.3 is 0 Å². The van der Waals surface area contributed by atoms with Crippen molar-refractivity contribution >= 4 is 19.2 Å². The molecule has 0 aliphatic heterocycles. The number of benzene rings is 1. The number of hydrogen-bond donors (Lipinski definition) is 0. The molecule has 1 amide bonds. The Morgan fingerprint density at radius 3 is 2.38 bits per heavy atom. The number of carbonyl (C=O) groups is 1. The predicted octanol–water partition coefficient (Wildman–Crippen LogP) is 0.114. The van der Waals surface area contributed by atoms with E-state index in [9.17, 15) is 4.79 Å². The lowest BCUT2D eigenvalue weighted by Crippen LogP contribution is -2.25. The molecular weight excluding hydrogens is 165 g/mol. The summed E-state index contributed by atoms with van der Waals surface area (Å²) in [4.78, 5) is 16.2.